The highest BCUT2D eigenvalue weighted by molar-refractivity contribution is 7.98. The maximum absolute atomic E-state index is 6.49. The van der Waals surface area contributed by atoms with Crippen molar-refractivity contribution in [3.05, 3.63) is 87.4 Å². The molecular weight excluding hydrogens is 514 g/mol. The van der Waals surface area contributed by atoms with Crippen LogP contribution < -0.4 is 14.2 Å². The van der Waals surface area contributed by atoms with Crippen LogP contribution >= 0.6 is 23.4 Å². The summed E-state index contributed by atoms with van der Waals surface area (Å²) in [6.07, 6.45) is 6.22. The van der Waals surface area contributed by atoms with E-state index in [1.807, 2.05) is 11.8 Å². The molecule has 2 heterocycles. The molecule has 0 aromatic heterocycles. The fourth-order valence-corrected chi connectivity index (χ4v) is 6.48. The second-order valence-electron chi connectivity index (χ2n) is 10.2. The molecule has 0 N–H and O–H groups in total. The lowest BCUT2D eigenvalue weighted by Crippen LogP contribution is -2.25. The van der Waals surface area contributed by atoms with Crippen molar-refractivity contribution in [3.8, 4) is 17.2 Å². The summed E-state index contributed by atoms with van der Waals surface area (Å²) in [5.41, 5.74) is 6.81. The quantitative estimate of drug-likeness (QED) is 0.225. The van der Waals surface area contributed by atoms with Gasteiger partial charge in [0.05, 0.1) is 6.61 Å². The second kappa shape index (κ2) is 12.7. The molecule has 1 saturated heterocycles. The molecule has 3 aromatic carbocycles. The Morgan fingerprint density at radius 3 is 2.37 bits per heavy atom. The molecule has 0 saturated carbocycles. The van der Waals surface area contributed by atoms with Gasteiger partial charge in [-0.3, -0.25) is 4.90 Å². The number of ether oxygens (including phenoxy) is 3. The van der Waals surface area contributed by atoms with Crippen LogP contribution in [0.3, 0.4) is 0 Å². The van der Waals surface area contributed by atoms with Gasteiger partial charge in [0, 0.05) is 24.2 Å². The first kappa shape index (κ1) is 27.2. The van der Waals surface area contributed by atoms with Crippen molar-refractivity contribution in [2.45, 2.75) is 58.0 Å². The first-order valence-corrected chi connectivity index (χ1v) is 15.5. The Morgan fingerprint density at radius 2 is 1.66 bits per heavy atom. The van der Waals surface area contributed by atoms with Crippen LogP contribution in [0.15, 0.2) is 54.6 Å². The summed E-state index contributed by atoms with van der Waals surface area (Å²) < 4.78 is 17.3. The molecule has 0 radical (unpaired) electrons. The Morgan fingerprint density at radius 1 is 0.947 bits per heavy atom. The van der Waals surface area contributed by atoms with E-state index < -0.39 is 0 Å². The number of hydrogen-bond donors (Lipinski definition) is 0. The Kier molecular flexibility index (Phi) is 9.08. The van der Waals surface area contributed by atoms with E-state index in [4.69, 9.17) is 25.8 Å². The minimum Gasteiger partial charge on any atom is -0.494 e. The molecule has 2 aliphatic heterocycles. The first-order valence-electron chi connectivity index (χ1n) is 13.7. The van der Waals surface area contributed by atoms with Crippen LogP contribution in [-0.4, -0.2) is 36.9 Å². The van der Waals surface area contributed by atoms with Crippen LogP contribution in [0.2, 0.25) is 5.02 Å². The average Bonchev–Trinajstić information content (AvgIpc) is 3.59. The molecule has 1 fully saturated rings. The maximum Gasteiger partial charge on any atom is 0.231 e. The number of thioether (sulfide) groups is 1. The van der Waals surface area contributed by atoms with Crippen LogP contribution in [0.5, 0.6) is 17.2 Å². The molecule has 4 nitrogen and oxygen atoms in total. The monoisotopic (exact) mass is 551 g/mol. The molecule has 0 bridgehead atoms. The average molecular weight is 552 g/mol. The van der Waals surface area contributed by atoms with Crippen molar-refractivity contribution < 1.29 is 14.2 Å². The van der Waals surface area contributed by atoms with E-state index in [0.717, 1.165) is 73.4 Å². The van der Waals surface area contributed by atoms with Crippen molar-refractivity contribution >= 4 is 23.4 Å². The van der Waals surface area contributed by atoms with Gasteiger partial charge < -0.3 is 14.2 Å². The van der Waals surface area contributed by atoms with E-state index in [0.29, 0.717) is 18.8 Å². The molecule has 5 rings (SSSR count). The van der Waals surface area contributed by atoms with E-state index in [2.05, 4.69) is 79.6 Å². The number of aryl methyl sites for hydroxylation is 2. The van der Waals surface area contributed by atoms with E-state index >= 15 is 0 Å². The minimum atomic E-state index is 0.306. The molecule has 0 aliphatic carbocycles. The molecule has 202 valence electrons. The number of halogens is 1. The summed E-state index contributed by atoms with van der Waals surface area (Å²) in [5.74, 6) is 4.19. The van der Waals surface area contributed by atoms with Gasteiger partial charge in [0.25, 0.3) is 0 Å². The second-order valence-corrected chi connectivity index (χ2v) is 11.6. The van der Waals surface area contributed by atoms with Crippen molar-refractivity contribution in [2.24, 2.45) is 0 Å². The van der Waals surface area contributed by atoms with Gasteiger partial charge in [-0.05, 0) is 108 Å². The zero-order chi connectivity index (χ0) is 26.5. The lowest BCUT2D eigenvalue weighted by Gasteiger charge is -2.27. The molecule has 3 aromatic rings. The highest BCUT2D eigenvalue weighted by Gasteiger charge is 2.35. The Hall–Kier alpha value is -2.34. The predicted molar refractivity (Wildman–Crippen MR) is 158 cm³/mol. The lowest BCUT2D eigenvalue weighted by atomic mass is 9.93. The third-order valence-electron chi connectivity index (χ3n) is 7.82. The molecule has 6 heteroatoms. The number of benzene rings is 3. The van der Waals surface area contributed by atoms with Gasteiger partial charge in [0.15, 0.2) is 11.5 Å². The van der Waals surface area contributed by atoms with Gasteiger partial charge >= 0.3 is 0 Å². The topological polar surface area (TPSA) is 30.9 Å². The number of nitrogens with zero attached hydrogens (tertiary/aromatic N) is 1. The maximum atomic E-state index is 6.49. The van der Waals surface area contributed by atoms with Crippen LogP contribution in [0, 0.1) is 0 Å². The number of fused-ring (bicyclic) bond motifs is 1. The standard InChI is InChI=1S/C32H38ClNO3S/c1-4-22-15-27(33)16-23(5-2)29(22)20-34-19-26(25-9-12-31-32(18-25)37-21-36-31)17-30(34)24-7-10-28(11-8-24)35-13-6-14-38-3/h7-12,15-16,18,26,30H,4-6,13-14,17,19-21H2,1-3H3/t26-,30-/m1/s1. The van der Waals surface area contributed by atoms with Gasteiger partial charge in [-0.15, -0.1) is 0 Å². The highest BCUT2D eigenvalue weighted by Crippen LogP contribution is 2.44. The van der Waals surface area contributed by atoms with Crippen molar-refractivity contribution in [3.63, 3.8) is 0 Å². The highest BCUT2D eigenvalue weighted by atomic mass is 35.5. The molecular formula is C32H38ClNO3S. The summed E-state index contributed by atoms with van der Waals surface area (Å²) in [6.45, 7) is 7.43. The summed E-state index contributed by atoms with van der Waals surface area (Å²) in [7, 11) is 0. The third kappa shape index (κ3) is 6.11. The number of likely N-dealkylation sites (tertiary alicyclic amines) is 1. The summed E-state index contributed by atoms with van der Waals surface area (Å²) in [6, 6.07) is 19.9. The van der Waals surface area contributed by atoms with Crippen molar-refractivity contribution in [1.82, 2.24) is 4.90 Å². The van der Waals surface area contributed by atoms with Crippen LogP contribution in [0.1, 0.15) is 66.5 Å². The lowest BCUT2D eigenvalue weighted by molar-refractivity contribution is 0.174. The van der Waals surface area contributed by atoms with E-state index in [1.165, 1.54) is 27.8 Å². The minimum absolute atomic E-state index is 0.306. The molecule has 0 unspecified atom stereocenters. The molecule has 0 amide bonds. The number of hydrogen-bond acceptors (Lipinski definition) is 5. The summed E-state index contributed by atoms with van der Waals surface area (Å²) >= 11 is 8.35. The Labute approximate surface area is 236 Å². The van der Waals surface area contributed by atoms with Crippen LogP contribution in [0.4, 0.5) is 0 Å². The largest absolute Gasteiger partial charge is 0.494 e. The van der Waals surface area contributed by atoms with Gasteiger partial charge in [0.2, 0.25) is 6.79 Å². The molecule has 38 heavy (non-hydrogen) atoms. The normalized spacial score (nSPS) is 18.7. The zero-order valence-corrected chi connectivity index (χ0v) is 24.2. The zero-order valence-electron chi connectivity index (χ0n) is 22.7. The van der Waals surface area contributed by atoms with Crippen LogP contribution in [-0.2, 0) is 19.4 Å². The van der Waals surface area contributed by atoms with E-state index in [1.54, 1.807) is 0 Å². The summed E-state index contributed by atoms with van der Waals surface area (Å²) in [5, 5.41) is 0.840. The van der Waals surface area contributed by atoms with Gasteiger partial charge in [0.1, 0.15) is 5.75 Å². The van der Waals surface area contributed by atoms with E-state index in [-0.39, 0.29) is 0 Å². The molecule has 2 aliphatic rings. The van der Waals surface area contributed by atoms with Gasteiger partial charge in [-0.2, -0.15) is 11.8 Å². The smallest absolute Gasteiger partial charge is 0.231 e. The summed E-state index contributed by atoms with van der Waals surface area (Å²) in [4.78, 5) is 2.66. The van der Waals surface area contributed by atoms with Gasteiger partial charge in [-0.25, -0.2) is 0 Å². The molecule has 0 spiro atoms. The van der Waals surface area contributed by atoms with Crippen molar-refractivity contribution in [2.75, 3.05) is 32.0 Å². The van der Waals surface area contributed by atoms with Crippen molar-refractivity contribution in [1.29, 1.82) is 0 Å². The Bertz CT molecular complexity index is 1210. The SMILES string of the molecule is CCc1cc(Cl)cc(CC)c1CN1C[C@H](c2ccc3c(c2)OCO3)C[C@@H]1c1ccc(OCCCSC)cc1. The fraction of sp³-hybridized carbons (Fsp3) is 0.438. The third-order valence-corrected chi connectivity index (χ3v) is 8.74. The Balaban J connectivity index is 1.42. The van der Waals surface area contributed by atoms with Crippen LogP contribution in [0.25, 0.3) is 0 Å². The van der Waals surface area contributed by atoms with E-state index in [9.17, 15) is 0 Å². The number of rotatable bonds is 11. The predicted octanol–water partition coefficient (Wildman–Crippen LogP) is 8.06. The molecule has 2 atom stereocenters. The first-order chi connectivity index (χ1) is 18.6. The van der Waals surface area contributed by atoms with Gasteiger partial charge in [-0.1, -0.05) is 43.6 Å². The fourth-order valence-electron chi connectivity index (χ4n) is 5.81.